The molecule has 1 aromatic rings. The van der Waals surface area contributed by atoms with Crippen molar-refractivity contribution in [2.24, 2.45) is 11.8 Å². The van der Waals surface area contributed by atoms with E-state index in [0.717, 1.165) is 29.6 Å². The fourth-order valence-corrected chi connectivity index (χ4v) is 2.79. The average Bonchev–Trinajstić information content (AvgIpc) is 2.72. The number of carboxylic acids is 1. The van der Waals surface area contributed by atoms with Crippen molar-refractivity contribution in [3.8, 4) is 0 Å². The van der Waals surface area contributed by atoms with Crippen molar-refractivity contribution in [2.75, 3.05) is 11.9 Å². The maximum Gasteiger partial charge on any atom is 0.335 e. The summed E-state index contributed by atoms with van der Waals surface area (Å²) in [6, 6.07) is 5.46. The van der Waals surface area contributed by atoms with Crippen LogP contribution in [0.4, 0.5) is 5.69 Å². The molecule has 0 spiro atoms. The van der Waals surface area contributed by atoms with E-state index < -0.39 is 5.97 Å². The molecule has 0 radical (unpaired) electrons. The second-order valence-corrected chi connectivity index (χ2v) is 5.38. The van der Waals surface area contributed by atoms with E-state index in [1.807, 2.05) is 19.1 Å². The van der Waals surface area contributed by atoms with Gasteiger partial charge in [0, 0.05) is 12.2 Å². The molecule has 0 heterocycles. The van der Waals surface area contributed by atoms with Gasteiger partial charge in [-0.25, -0.2) is 4.79 Å². The van der Waals surface area contributed by atoms with Crippen molar-refractivity contribution >= 4 is 11.7 Å². The molecule has 2 unspecified atom stereocenters. The Hall–Kier alpha value is -1.51. The molecule has 1 aliphatic rings. The first-order valence-corrected chi connectivity index (χ1v) is 6.65. The fourth-order valence-electron chi connectivity index (χ4n) is 2.79. The van der Waals surface area contributed by atoms with E-state index in [4.69, 9.17) is 5.11 Å². The summed E-state index contributed by atoms with van der Waals surface area (Å²) in [6.07, 6.45) is 3.98. The summed E-state index contributed by atoms with van der Waals surface area (Å²) in [7, 11) is 0. The van der Waals surface area contributed by atoms with E-state index in [2.05, 4.69) is 12.2 Å². The monoisotopic (exact) mass is 247 g/mol. The van der Waals surface area contributed by atoms with Crippen molar-refractivity contribution in [3.63, 3.8) is 0 Å². The molecule has 1 saturated carbocycles. The van der Waals surface area contributed by atoms with Gasteiger partial charge >= 0.3 is 5.97 Å². The van der Waals surface area contributed by atoms with Gasteiger partial charge in [0.15, 0.2) is 0 Å². The number of rotatable bonds is 4. The highest BCUT2D eigenvalue weighted by molar-refractivity contribution is 5.89. The molecule has 2 atom stereocenters. The smallest absolute Gasteiger partial charge is 0.335 e. The number of hydrogen-bond donors (Lipinski definition) is 2. The lowest BCUT2D eigenvalue weighted by Gasteiger charge is -2.17. The predicted octanol–water partition coefficient (Wildman–Crippen LogP) is 3.54. The van der Waals surface area contributed by atoms with Gasteiger partial charge in [0.05, 0.1) is 5.56 Å². The van der Waals surface area contributed by atoms with Crippen molar-refractivity contribution in [2.45, 2.75) is 33.1 Å². The molecular weight excluding hydrogens is 226 g/mol. The molecule has 2 rings (SSSR count). The van der Waals surface area contributed by atoms with Crippen LogP contribution in [0.1, 0.15) is 42.1 Å². The summed E-state index contributed by atoms with van der Waals surface area (Å²) < 4.78 is 0. The molecule has 1 aliphatic carbocycles. The molecule has 3 nitrogen and oxygen atoms in total. The summed E-state index contributed by atoms with van der Waals surface area (Å²) in [5.74, 6) is 0.699. The van der Waals surface area contributed by atoms with E-state index in [1.165, 1.54) is 19.3 Å². The van der Waals surface area contributed by atoms with Crippen LogP contribution in [0.25, 0.3) is 0 Å². The first kappa shape index (κ1) is 12.9. The number of carbonyl (C=O) groups is 1. The lowest BCUT2D eigenvalue weighted by Crippen LogP contribution is -2.16. The molecule has 0 amide bonds. The molecule has 2 N–H and O–H groups in total. The van der Waals surface area contributed by atoms with E-state index >= 15 is 0 Å². The predicted molar refractivity (Wildman–Crippen MR) is 73.1 cm³/mol. The Morgan fingerprint density at radius 1 is 1.44 bits per heavy atom. The lowest BCUT2D eigenvalue weighted by atomic mass is 9.98. The van der Waals surface area contributed by atoms with Gasteiger partial charge < -0.3 is 10.4 Å². The number of anilines is 1. The van der Waals surface area contributed by atoms with Crippen LogP contribution < -0.4 is 5.32 Å². The molecule has 0 aliphatic heterocycles. The van der Waals surface area contributed by atoms with Gasteiger partial charge in [0.2, 0.25) is 0 Å². The molecule has 0 saturated heterocycles. The zero-order valence-corrected chi connectivity index (χ0v) is 11.1. The van der Waals surface area contributed by atoms with Crippen LogP contribution in [0.2, 0.25) is 0 Å². The number of carboxylic acid groups (broad SMARTS) is 1. The SMILES string of the molecule is Cc1cc(NCC2CCCC2C)ccc1C(=O)O. The van der Waals surface area contributed by atoms with Crippen LogP contribution in [0, 0.1) is 18.8 Å². The zero-order valence-electron chi connectivity index (χ0n) is 11.1. The minimum Gasteiger partial charge on any atom is -0.478 e. The number of nitrogens with one attached hydrogen (secondary N) is 1. The first-order chi connectivity index (χ1) is 8.58. The molecule has 1 aromatic carbocycles. The van der Waals surface area contributed by atoms with Gasteiger partial charge in [-0.1, -0.05) is 19.8 Å². The highest BCUT2D eigenvalue weighted by Crippen LogP contribution is 2.31. The van der Waals surface area contributed by atoms with Gasteiger partial charge in [-0.05, 0) is 48.9 Å². The van der Waals surface area contributed by atoms with Gasteiger partial charge in [0.25, 0.3) is 0 Å². The Kier molecular flexibility index (Phi) is 3.90. The molecular formula is C15H21NO2. The van der Waals surface area contributed by atoms with Crippen molar-refractivity contribution in [1.82, 2.24) is 0 Å². The summed E-state index contributed by atoms with van der Waals surface area (Å²) in [6.45, 7) is 5.15. The highest BCUT2D eigenvalue weighted by Gasteiger charge is 2.22. The van der Waals surface area contributed by atoms with Gasteiger partial charge in [-0.3, -0.25) is 0 Å². The van der Waals surface area contributed by atoms with Crippen LogP contribution in [-0.2, 0) is 0 Å². The molecule has 98 valence electrons. The van der Waals surface area contributed by atoms with E-state index in [0.29, 0.717) is 5.56 Å². The molecule has 1 fully saturated rings. The number of hydrogen-bond acceptors (Lipinski definition) is 2. The van der Waals surface area contributed by atoms with Crippen LogP contribution in [-0.4, -0.2) is 17.6 Å². The topological polar surface area (TPSA) is 49.3 Å². The lowest BCUT2D eigenvalue weighted by molar-refractivity contribution is 0.0696. The van der Waals surface area contributed by atoms with Crippen LogP contribution in [0.3, 0.4) is 0 Å². The third-order valence-corrected chi connectivity index (χ3v) is 4.06. The average molecular weight is 247 g/mol. The van der Waals surface area contributed by atoms with Gasteiger partial charge in [-0.15, -0.1) is 0 Å². The van der Waals surface area contributed by atoms with Crippen LogP contribution in [0.5, 0.6) is 0 Å². The Bertz CT molecular complexity index is 442. The Balaban J connectivity index is 1.98. The van der Waals surface area contributed by atoms with E-state index in [-0.39, 0.29) is 0 Å². The minimum absolute atomic E-state index is 0.384. The van der Waals surface area contributed by atoms with E-state index in [9.17, 15) is 4.79 Å². The maximum atomic E-state index is 10.9. The molecule has 3 heteroatoms. The largest absolute Gasteiger partial charge is 0.478 e. The fraction of sp³-hybridized carbons (Fsp3) is 0.533. The second-order valence-electron chi connectivity index (χ2n) is 5.38. The summed E-state index contributed by atoms with van der Waals surface area (Å²) in [4.78, 5) is 10.9. The third-order valence-electron chi connectivity index (χ3n) is 4.06. The second kappa shape index (κ2) is 5.42. The number of aryl methyl sites for hydroxylation is 1. The normalized spacial score (nSPS) is 23.0. The Labute approximate surface area is 108 Å². The quantitative estimate of drug-likeness (QED) is 0.855. The Morgan fingerprint density at radius 3 is 2.78 bits per heavy atom. The third kappa shape index (κ3) is 2.84. The van der Waals surface area contributed by atoms with Crippen LogP contribution in [0.15, 0.2) is 18.2 Å². The Morgan fingerprint density at radius 2 is 2.22 bits per heavy atom. The zero-order chi connectivity index (χ0) is 13.1. The summed E-state index contributed by atoms with van der Waals surface area (Å²) in [5.41, 5.74) is 2.22. The van der Waals surface area contributed by atoms with Crippen molar-refractivity contribution in [3.05, 3.63) is 29.3 Å². The van der Waals surface area contributed by atoms with Gasteiger partial charge in [-0.2, -0.15) is 0 Å². The maximum absolute atomic E-state index is 10.9. The molecule has 18 heavy (non-hydrogen) atoms. The van der Waals surface area contributed by atoms with Crippen molar-refractivity contribution in [1.29, 1.82) is 0 Å². The minimum atomic E-state index is -0.858. The van der Waals surface area contributed by atoms with Crippen molar-refractivity contribution < 1.29 is 9.90 Å². The summed E-state index contributed by atoms with van der Waals surface area (Å²) in [5, 5.41) is 12.4. The molecule has 0 bridgehead atoms. The van der Waals surface area contributed by atoms with Crippen LogP contribution >= 0.6 is 0 Å². The molecule has 0 aromatic heterocycles. The number of benzene rings is 1. The van der Waals surface area contributed by atoms with Gasteiger partial charge in [0.1, 0.15) is 0 Å². The highest BCUT2D eigenvalue weighted by atomic mass is 16.4. The standard InChI is InChI=1S/C15H21NO2/c1-10-4-3-5-12(10)9-16-13-6-7-14(15(17)18)11(2)8-13/h6-8,10,12,16H,3-5,9H2,1-2H3,(H,17,18). The summed E-state index contributed by atoms with van der Waals surface area (Å²) >= 11 is 0. The van der Waals surface area contributed by atoms with E-state index in [1.54, 1.807) is 6.07 Å². The number of aromatic carboxylic acids is 1. The first-order valence-electron chi connectivity index (χ1n) is 6.65.